The van der Waals surface area contributed by atoms with Gasteiger partial charge in [-0.25, -0.2) is 0 Å². The van der Waals surface area contributed by atoms with Crippen LogP contribution in [0, 0.1) is 11.3 Å². The van der Waals surface area contributed by atoms with Crippen molar-refractivity contribution in [3.05, 3.63) is 35.4 Å². The molecule has 1 aliphatic rings. The van der Waals surface area contributed by atoms with E-state index in [0.29, 0.717) is 6.61 Å². The molecule has 1 aromatic rings. The fourth-order valence-corrected chi connectivity index (χ4v) is 2.71. The summed E-state index contributed by atoms with van der Waals surface area (Å²) >= 11 is 0. The van der Waals surface area contributed by atoms with E-state index in [4.69, 9.17) is 4.74 Å². The number of hydrogen-bond donors (Lipinski definition) is 0. The van der Waals surface area contributed by atoms with Gasteiger partial charge in [-0.15, -0.1) is 0 Å². The van der Waals surface area contributed by atoms with Crippen molar-refractivity contribution < 1.29 is 4.74 Å². The fraction of sp³-hybridized carbons (Fsp3) is 0.562. The molecule has 1 unspecified atom stereocenters. The molecule has 2 heteroatoms. The summed E-state index contributed by atoms with van der Waals surface area (Å²) in [4.78, 5) is 0. The number of rotatable bonds is 6. The minimum Gasteiger partial charge on any atom is -0.381 e. The number of hydrogen-bond acceptors (Lipinski definition) is 2. The predicted octanol–water partition coefficient (Wildman–Crippen LogP) is 3.60. The van der Waals surface area contributed by atoms with E-state index in [-0.39, 0.29) is 5.41 Å². The molecule has 2 rings (SSSR count). The van der Waals surface area contributed by atoms with E-state index < -0.39 is 0 Å². The molecule has 2 nitrogen and oxygen atoms in total. The molecule has 0 saturated heterocycles. The van der Waals surface area contributed by atoms with Crippen LogP contribution in [-0.4, -0.2) is 13.2 Å². The molecule has 1 atom stereocenters. The SMILES string of the molecule is CCCCOCCC1(C#N)CCc2ccccc21. The van der Waals surface area contributed by atoms with E-state index in [1.54, 1.807) is 0 Å². The zero-order valence-corrected chi connectivity index (χ0v) is 11.1. The van der Waals surface area contributed by atoms with E-state index in [9.17, 15) is 5.26 Å². The van der Waals surface area contributed by atoms with E-state index >= 15 is 0 Å². The highest BCUT2D eigenvalue weighted by Gasteiger charge is 2.38. The normalized spacial score (nSPS) is 21.6. The van der Waals surface area contributed by atoms with E-state index in [1.807, 2.05) is 6.07 Å². The van der Waals surface area contributed by atoms with E-state index in [0.717, 1.165) is 38.7 Å². The van der Waals surface area contributed by atoms with Crippen molar-refractivity contribution in [2.75, 3.05) is 13.2 Å². The Bertz CT molecular complexity index is 435. The maximum atomic E-state index is 9.56. The quantitative estimate of drug-likeness (QED) is 0.715. The van der Waals surface area contributed by atoms with Crippen LogP contribution in [0.15, 0.2) is 24.3 Å². The van der Waals surface area contributed by atoms with Gasteiger partial charge in [0.25, 0.3) is 0 Å². The van der Waals surface area contributed by atoms with Crippen LogP contribution in [0.5, 0.6) is 0 Å². The van der Waals surface area contributed by atoms with Crippen molar-refractivity contribution in [2.45, 2.75) is 44.4 Å². The standard InChI is InChI=1S/C16H21NO/c1-2-3-11-18-12-10-16(13-17)9-8-14-6-4-5-7-15(14)16/h4-7H,2-3,8-12H2,1H3. The number of nitriles is 1. The third kappa shape index (κ3) is 2.57. The first-order chi connectivity index (χ1) is 8.82. The van der Waals surface area contributed by atoms with Gasteiger partial charge in [0.05, 0.1) is 11.5 Å². The van der Waals surface area contributed by atoms with Gasteiger partial charge in [0.15, 0.2) is 0 Å². The van der Waals surface area contributed by atoms with Crippen LogP contribution in [0.25, 0.3) is 0 Å². The Kier molecular flexibility index (Phi) is 4.38. The predicted molar refractivity (Wildman–Crippen MR) is 72.4 cm³/mol. The maximum Gasteiger partial charge on any atom is 0.0850 e. The molecule has 0 aromatic heterocycles. The number of aryl methyl sites for hydroxylation is 1. The average Bonchev–Trinajstić information content (AvgIpc) is 2.79. The van der Waals surface area contributed by atoms with Gasteiger partial charge >= 0.3 is 0 Å². The molecule has 0 fully saturated rings. The summed E-state index contributed by atoms with van der Waals surface area (Å²) in [6.07, 6.45) is 5.06. The average molecular weight is 243 g/mol. The lowest BCUT2D eigenvalue weighted by atomic mass is 9.80. The molecule has 1 aromatic carbocycles. The van der Waals surface area contributed by atoms with Gasteiger partial charge in [0.2, 0.25) is 0 Å². The van der Waals surface area contributed by atoms with Crippen molar-refractivity contribution in [3.8, 4) is 6.07 Å². The number of fused-ring (bicyclic) bond motifs is 1. The highest BCUT2D eigenvalue weighted by molar-refractivity contribution is 5.43. The summed E-state index contributed by atoms with van der Waals surface area (Å²) in [5, 5.41) is 9.56. The third-order valence-corrected chi connectivity index (χ3v) is 3.88. The van der Waals surface area contributed by atoms with Gasteiger partial charge in [-0.05, 0) is 36.8 Å². The summed E-state index contributed by atoms with van der Waals surface area (Å²) in [7, 11) is 0. The van der Waals surface area contributed by atoms with Crippen LogP contribution < -0.4 is 0 Å². The van der Waals surface area contributed by atoms with Crippen LogP contribution in [0.2, 0.25) is 0 Å². The lowest BCUT2D eigenvalue weighted by Gasteiger charge is -2.22. The van der Waals surface area contributed by atoms with Gasteiger partial charge in [0.1, 0.15) is 0 Å². The van der Waals surface area contributed by atoms with Crippen molar-refractivity contribution in [3.63, 3.8) is 0 Å². The zero-order valence-electron chi connectivity index (χ0n) is 11.1. The van der Waals surface area contributed by atoms with E-state index in [2.05, 4.69) is 31.2 Å². The number of benzene rings is 1. The highest BCUT2D eigenvalue weighted by atomic mass is 16.5. The summed E-state index contributed by atoms with van der Waals surface area (Å²) in [5.41, 5.74) is 2.27. The Morgan fingerprint density at radius 3 is 2.94 bits per heavy atom. The monoisotopic (exact) mass is 243 g/mol. The van der Waals surface area contributed by atoms with Gasteiger partial charge in [0, 0.05) is 13.2 Å². The molecule has 96 valence electrons. The Morgan fingerprint density at radius 2 is 2.17 bits per heavy atom. The molecule has 1 aliphatic carbocycles. The second-order valence-electron chi connectivity index (χ2n) is 5.07. The first-order valence-corrected chi connectivity index (χ1v) is 6.90. The molecule has 0 radical (unpaired) electrons. The summed E-state index contributed by atoms with van der Waals surface area (Å²) in [5.74, 6) is 0. The molecule has 0 aliphatic heterocycles. The molecule has 0 spiro atoms. The first-order valence-electron chi connectivity index (χ1n) is 6.90. The molecule has 0 amide bonds. The maximum absolute atomic E-state index is 9.56. The van der Waals surface area contributed by atoms with Crippen molar-refractivity contribution in [1.29, 1.82) is 5.26 Å². The Balaban J connectivity index is 1.99. The number of nitrogens with zero attached hydrogens (tertiary/aromatic N) is 1. The minimum absolute atomic E-state index is 0.303. The molecule has 0 bridgehead atoms. The summed E-state index contributed by atoms with van der Waals surface area (Å²) in [6, 6.07) is 10.9. The van der Waals surface area contributed by atoms with Crippen LogP contribution in [-0.2, 0) is 16.6 Å². The molecule has 0 heterocycles. The Hall–Kier alpha value is -1.33. The smallest absolute Gasteiger partial charge is 0.0850 e. The third-order valence-electron chi connectivity index (χ3n) is 3.88. The first kappa shape index (κ1) is 13.1. The van der Waals surface area contributed by atoms with Crippen molar-refractivity contribution in [1.82, 2.24) is 0 Å². The number of ether oxygens (including phenoxy) is 1. The van der Waals surface area contributed by atoms with Gasteiger partial charge < -0.3 is 4.74 Å². The van der Waals surface area contributed by atoms with Gasteiger partial charge in [-0.3, -0.25) is 0 Å². The topological polar surface area (TPSA) is 33.0 Å². The van der Waals surface area contributed by atoms with Gasteiger partial charge in [-0.2, -0.15) is 5.26 Å². The fourth-order valence-electron chi connectivity index (χ4n) is 2.71. The van der Waals surface area contributed by atoms with Crippen LogP contribution in [0.4, 0.5) is 0 Å². The Morgan fingerprint density at radius 1 is 1.33 bits per heavy atom. The van der Waals surface area contributed by atoms with E-state index in [1.165, 1.54) is 11.1 Å². The molecule has 18 heavy (non-hydrogen) atoms. The van der Waals surface area contributed by atoms with Gasteiger partial charge in [-0.1, -0.05) is 37.6 Å². The van der Waals surface area contributed by atoms with Crippen LogP contribution in [0.3, 0.4) is 0 Å². The molecular formula is C16H21NO. The lowest BCUT2D eigenvalue weighted by Crippen LogP contribution is -2.23. The van der Waals surface area contributed by atoms with Crippen molar-refractivity contribution in [2.24, 2.45) is 0 Å². The zero-order chi connectivity index (χ0) is 12.8. The second-order valence-corrected chi connectivity index (χ2v) is 5.07. The summed E-state index contributed by atoms with van der Waals surface area (Å²) in [6.45, 7) is 3.68. The lowest BCUT2D eigenvalue weighted by molar-refractivity contribution is 0.118. The largest absolute Gasteiger partial charge is 0.381 e. The van der Waals surface area contributed by atoms with Crippen LogP contribution in [0.1, 0.15) is 43.7 Å². The summed E-state index contributed by atoms with van der Waals surface area (Å²) < 4.78 is 5.63. The molecule has 0 N–H and O–H groups in total. The second kappa shape index (κ2) is 6.02. The molecular weight excluding hydrogens is 222 g/mol. The minimum atomic E-state index is -0.303. The molecule has 0 saturated carbocycles. The Labute approximate surface area is 110 Å². The van der Waals surface area contributed by atoms with Crippen LogP contribution >= 0.6 is 0 Å². The van der Waals surface area contributed by atoms with Crippen molar-refractivity contribution >= 4 is 0 Å². The highest BCUT2D eigenvalue weighted by Crippen LogP contribution is 2.40. The number of unbranched alkanes of at least 4 members (excludes halogenated alkanes) is 1.